The lowest BCUT2D eigenvalue weighted by molar-refractivity contribution is -0.268. The third-order valence-electron chi connectivity index (χ3n) is 3.62. The summed E-state index contributed by atoms with van der Waals surface area (Å²) in [5, 5.41) is 0. The molecule has 0 saturated heterocycles. The largest absolute Gasteiger partial charge is 0.461 e. The quantitative estimate of drug-likeness (QED) is 0.246. The van der Waals surface area contributed by atoms with E-state index in [9.17, 15) is 31.5 Å². The number of alkyl halides is 5. The fraction of sp³-hybridized carbons (Fsp3) is 0.875. The molecule has 0 aliphatic heterocycles. The van der Waals surface area contributed by atoms with Gasteiger partial charge >= 0.3 is 12.1 Å². The minimum absolute atomic E-state index is 0.129. The highest BCUT2D eigenvalue weighted by atomic mass is 19.4. The molecule has 0 rings (SSSR count). The van der Waals surface area contributed by atoms with Crippen molar-refractivity contribution in [1.29, 1.82) is 0 Å². The van der Waals surface area contributed by atoms with Crippen LogP contribution in [0.2, 0.25) is 0 Å². The average Bonchev–Trinajstić information content (AvgIpc) is 2.44. The zero-order chi connectivity index (χ0) is 17.9. The van der Waals surface area contributed by atoms with Gasteiger partial charge in [0.15, 0.2) is 0 Å². The van der Waals surface area contributed by atoms with E-state index in [1.165, 1.54) is 19.3 Å². The predicted molar refractivity (Wildman–Crippen MR) is 77.5 cm³/mol. The van der Waals surface area contributed by atoms with Crippen molar-refractivity contribution in [3.63, 3.8) is 0 Å². The van der Waals surface area contributed by atoms with Gasteiger partial charge in [0.2, 0.25) is 5.78 Å². The van der Waals surface area contributed by atoms with Crippen LogP contribution in [0, 0.1) is 0 Å². The molecule has 0 spiro atoms. The molecule has 136 valence electrons. The monoisotopic (exact) mass is 344 g/mol. The SMILES string of the molecule is CCCCCCCCCCCC(=O)CC(=O)C(F)(F)C(F)(F)F. The maximum Gasteiger partial charge on any atom is 0.461 e. The number of ketones is 2. The number of carbonyl (C=O) groups excluding carboxylic acids is 2. The number of Topliss-reactive ketones (excluding diaryl/α,β-unsaturated/α-hetero) is 2. The third kappa shape index (κ3) is 9.01. The van der Waals surface area contributed by atoms with Gasteiger partial charge in [0, 0.05) is 6.42 Å². The Kier molecular flexibility index (Phi) is 10.2. The minimum Gasteiger partial charge on any atom is -0.299 e. The standard InChI is InChI=1S/C16H25F5O2/c1-2-3-4-5-6-7-8-9-10-11-13(22)12-14(23)15(17,18)16(19,20)21/h2-12H2,1H3. The van der Waals surface area contributed by atoms with Crippen molar-refractivity contribution in [1.82, 2.24) is 0 Å². The number of unbranched alkanes of at least 4 members (excludes halogenated alkanes) is 8. The first-order valence-electron chi connectivity index (χ1n) is 8.12. The number of hydrogen-bond acceptors (Lipinski definition) is 2. The normalized spacial score (nSPS) is 12.4. The van der Waals surface area contributed by atoms with Gasteiger partial charge in [-0.1, -0.05) is 58.3 Å². The van der Waals surface area contributed by atoms with Crippen molar-refractivity contribution in [2.45, 2.75) is 89.7 Å². The summed E-state index contributed by atoms with van der Waals surface area (Å²) >= 11 is 0. The topological polar surface area (TPSA) is 34.1 Å². The van der Waals surface area contributed by atoms with Gasteiger partial charge in [-0.05, 0) is 6.42 Å². The van der Waals surface area contributed by atoms with E-state index in [1.807, 2.05) is 0 Å². The molecule has 0 radical (unpaired) electrons. The van der Waals surface area contributed by atoms with Crippen LogP contribution in [0.1, 0.15) is 77.6 Å². The summed E-state index contributed by atoms with van der Waals surface area (Å²) in [7, 11) is 0. The van der Waals surface area contributed by atoms with E-state index in [4.69, 9.17) is 0 Å². The Hall–Kier alpha value is -1.01. The molecular weight excluding hydrogens is 319 g/mol. The van der Waals surface area contributed by atoms with Crippen LogP contribution in [0.25, 0.3) is 0 Å². The molecule has 23 heavy (non-hydrogen) atoms. The Morgan fingerprint density at radius 3 is 1.61 bits per heavy atom. The van der Waals surface area contributed by atoms with Crippen LogP contribution in [-0.2, 0) is 9.59 Å². The van der Waals surface area contributed by atoms with Crippen LogP contribution >= 0.6 is 0 Å². The fourth-order valence-corrected chi connectivity index (χ4v) is 2.17. The van der Waals surface area contributed by atoms with Gasteiger partial charge < -0.3 is 0 Å². The first kappa shape index (κ1) is 22.0. The zero-order valence-corrected chi connectivity index (χ0v) is 13.5. The van der Waals surface area contributed by atoms with Crippen molar-refractivity contribution >= 4 is 11.6 Å². The summed E-state index contributed by atoms with van der Waals surface area (Å²) < 4.78 is 61.2. The summed E-state index contributed by atoms with van der Waals surface area (Å²) in [6, 6.07) is 0. The lowest BCUT2D eigenvalue weighted by Crippen LogP contribution is -2.44. The summed E-state index contributed by atoms with van der Waals surface area (Å²) in [4.78, 5) is 22.2. The predicted octanol–water partition coefficient (Wildman–Crippen LogP) is 5.63. The van der Waals surface area contributed by atoms with E-state index in [1.54, 1.807) is 0 Å². The fourth-order valence-electron chi connectivity index (χ4n) is 2.17. The average molecular weight is 344 g/mol. The highest BCUT2D eigenvalue weighted by Crippen LogP contribution is 2.36. The molecule has 0 aromatic heterocycles. The molecule has 7 heteroatoms. The molecule has 2 nitrogen and oxygen atoms in total. The number of carbonyl (C=O) groups is 2. The van der Waals surface area contributed by atoms with E-state index in [2.05, 4.69) is 6.92 Å². The number of rotatable bonds is 13. The van der Waals surface area contributed by atoms with E-state index in [-0.39, 0.29) is 6.42 Å². The third-order valence-corrected chi connectivity index (χ3v) is 3.62. The molecule has 0 saturated carbocycles. The van der Waals surface area contributed by atoms with Crippen molar-refractivity contribution < 1.29 is 31.5 Å². The van der Waals surface area contributed by atoms with Crippen molar-refractivity contribution in [2.24, 2.45) is 0 Å². The van der Waals surface area contributed by atoms with Crippen LogP contribution in [-0.4, -0.2) is 23.7 Å². The Morgan fingerprint density at radius 1 is 0.739 bits per heavy atom. The molecule has 0 bridgehead atoms. The highest BCUT2D eigenvalue weighted by molar-refractivity contribution is 6.02. The maximum atomic E-state index is 12.7. The van der Waals surface area contributed by atoms with Crippen LogP contribution in [0.5, 0.6) is 0 Å². The van der Waals surface area contributed by atoms with Crippen LogP contribution in [0.3, 0.4) is 0 Å². The first-order chi connectivity index (χ1) is 10.6. The number of hydrogen-bond donors (Lipinski definition) is 0. The lowest BCUT2D eigenvalue weighted by Gasteiger charge is -2.17. The Labute approximate surface area is 133 Å². The second kappa shape index (κ2) is 10.7. The van der Waals surface area contributed by atoms with Crippen LogP contribution in [0.4, 0.5) is 22.0 Å². The summed E-state index contributed by atoms with van der Waals surface area (Å²) in [5.74, 6) is -8.67. The molecular formula is C16H25F5O2. The van der Waals surface area contributed by atoms with E-state index >= 15 is 0 Å². The summed E-state index contributed by atoms with van der Waals surface area (Å²) in [5.41, 5.74) is 0. The van der Waals surface area contributed by atoms with E-state index in [0.29, 0.717) is 12.8 Å². The van der Waals surface area contributed by atoms with Crippen LogP contribution in [0.15, 0.2) is 0 Å². The van der Waals surface area contributed by atoms with Gasteiger partial charge in [0.25, 0.3) is 0 Å². The van der Waals surface area contributed by atoms with Gasteiger partial charge in [-0.15, -0.1) is 0 Å². The molecule has 0 aromatic carbocycles. The van der Waals surface area contributed by atoms with Gasteiger partial charge in [0.1, 0.15) is 5.78 Å². The molecule has 0 unspecified atom stereocenters. The number of halogens is 5. The van der Waals surface area contributed by atoms with Gasteiger partial charge in [-0.2, -0.15) is 22.0 Å². The van der Waals surface area contributed by atoms with Crippen molar-refractivity contribution in [3.05, 3.63) is 0 Å². The smallest absolute Gasteiger partial charge is 0.299 e. The second-order valence-electron chi connectivity index (χ2n) is 5.79. The summed E-state index contributed by atoms with van der Waals surface area (Å²) in [6.45, 7) is 2.13. The lowest BCUT2D eigenvalue weighted by atomic mass is 10.0. The van der Waals surface area contributed by atoms with Crippen molar-refractivity contribution in [2.75, 3.05) is 0 Å². The molecule has 0 amide bonds. The molecule has 0 aromatic rings. The second-order valence-corrected chi connectivity index (χ2v) is 5.79. The van der Waals surface area contributed by atoms with Gasteiger partial charge in [0.05, 0.1) is 6.42 Å². The first-order valence-corrected chi connectivity index (χ1v) is 8.12. The molecule has 0 aliphatic carbocycles. The molecule has 0 N–H and O–H groups in total. The zero-order valence-electron chi connectivity index (χ0n) is 13.5. The minimum atomic E-state index is -5.94. The molecule has 0 aliphatic rings. The Bertz CT molecular complexity index is 364. The summed E-state index contributed by atoms with van der Waals surface area (Å²) in [6.07, 6.45) is 1.46. The molecule has 0 atom stereocenters. The highest BCUT2D eigenvalue weighted by Gasteiger charge is 2.62. The van der Waals surface area contributed by atoms with E-state index < -0.39 is 30.1 Å². The Morgan fingerprint density at radius 2 is 1.17 bits per heavy atom. The molecule has 0 fully saturated rings. The van der Waals surface area contributed by atoms with Crippen molar-refractivity contribution in [3.8, 4) is 0 Å². The molecule has 0 heterocycles. The van der Waals surface area contributed by atoms with Gasteiger partial charge in [-0.25, -0.2) is 0 Å². The maximum absolute atomic E-state index is 12.7. The van der Waals surface area contributed by atoms with Crippen LogP contribution < -0.4 is 0 Å². The van der Waals surface area contributed by atoms with Gasteiger partial charge in [-0.3, -0.25) is 9.59 Å². The van der Waals surface area contributed by atoms with E-state index in [0.717, 1.165) is 25.7 Å². The Balaban J connectivity index is 3.78.